The number of rotatable bonds is 11. The molecule has 2 N–H and O–H groups in total. The van der Waals surface area contributed by atoms with Gasteiger partial charge in [0.25, 0.3) is 0 Å². The first-order valence-electron chi connectivity index (χ1n) is 13.8. The van der Waals surface area contributed by atoms with Crippen molar-refractivity contribution in [2.24, 2.45) is 5.73 Å². The number of hydrogen-bond donors (Lipinski definition) is 1. The second-order valence-corrected chi connectivity index (χ2v) is 14.0. The van der Waals surface area contributed by atoms with Crippen LogP contribution in [0.25, 0.3) is 0 Å². The van der Waals surface area contributed by atoms with Crippen LogP contribution in [0.15, 0.2) is 84.9 Å². The molecule has 0 saturated heterocycles. The fourth-order valence-corrected chi connectivity index (χ4v) is 5.97. The second-order valence-electron chi connectivity index (χ2n) is 10.2. The standard InChI is InChI=1S/C16H16F2N2O3S.C16H15F2NO4S/c1-24(22,23)20(14-6-4-13(17)5-7-14)10-12-3-2-11(8-15(12)18)16(21)9-19;1-23-16(20)11-3-4-12(15(18)9-11)10-19(24(2,21)22)14-7-5-13(17)6-8-14/h2-8H,9-10,19H2,1H3;3-9H,10H2,1-2H3. The molecule has 4 aromatic rings. The van der Waals surface area contributed by atoms with E-state index in [1.165, 1.54) is 55.6 Å². The van der Waals surface area contributed by atoms with Gasteiger partial charge in [-0.05, 0) is 66.7 Å². The molecule has 0 aliphatic heterocycles. The van der Waals surface area contributed by atoms with Gasteiger partial charge < -0.3 is 10.5 Å². The van der Waals surface area contributed by atoms with E-state index in [0.29, 0.717) is 0 Å². The number of nitrogens with zero attached hydrogens (tertiary/aromatic N) is 2. The Balaban J connectivity index is 0.000000260. The Morgan fingerprint density at radius 1 is 0.646 bits per heavy atom. The molecule has 0 radical (unpaired) electrons. The lowest BCUT2D eigenvalue weighted by Gasteiger charge is -2.23. The fraction of sp³-hybridized carbons (Fsp3) is 0.188. The summed E-state index contributed by atoms with van der Waals surface area (Å²) in [6.07, 6.45) is 1.94. The van der Waals surface area contributed by atoms with Crippen LogP contribution in [0.2, 0.25) is 0 Å². The van der Waals surface area contributed by atoms with Gasteiger partial charge in [-0.2, -0.15) is 0 Å². The quantitative estimate of drug-likeness (QED) is 0.133. The molecule has 0 unspecified atom stereocenters. The number of nitrogens with two attached hydrogens (primary N) is 1. The van der Waals surface area contributed by atoms with Crippen LogP contribution in [-0.2, 0) is 37.9 Å². The summed E-state index contributed by atoms with van der Waals surface area (Å²) >= 11 is 0. The molecule has 4 rings (SSSR count). The first-order valence-corrected chi connectivity index (χ1v) is 17.5. The molecular formula is C32H31F4N3O7S2. The SMILES string of the molecule is COC(=O)c1ccc(CN(c2ccc(F)cc2)S(C)(=O)=O)c(F)c1.CS(=O)(=O)N(Cc1ccc(C(=O)CN)cc1F)c1ccc(F)cc1. The first kappa shape index (κ1) is 37.7. The molecule has 0 atom stereocenters. The van der Waals surface area contributed by atoms with Crippen molar-refractivity contribution >= 4 is 43.2 Å². The largest absolute Gasteiger partial charge is 0.465 e. The molecule has 0 fully saturated rings. The molecule has 10 nitrogen and oxygen atoms in total. The summed E-state index contributed by atoms with van der Waals surface area (Å²) < 4.78 is 109. The van der Waals surface area contributed by atoms with E-state index in [1.807, 2.05) is 0 Å². The number of benzene rings is 4. The zero-order chi connectivity index (χ0) is 35.8. The van der Waals surface area contributed by atoms with Crippen LogP contribution >= 0.6 is 0 Å². The van der Waals surface area contributed by atoms with E-state index in [1.54, 1.807) is 0 Å². The predicted molar refractivity (Wildman–Crippen MR) is 172 cm³/mol. The Kier molecular flexibility index (Phi) is 12.4. The summed E-state index contributed by atoms with van der Waals surface area (Å²) in [5, 5.41) is 0. The number of ether oxygens (including phenoxy) is 1. The third-order valence-electron chi connectivity index (χ3n) is 6.69. The molecule has 256 valence electrons. The van der Waals surface area contributed by atoms with Crippen LogP contribution in [0.3, 0.4) is 0 Å². The first-order chi connectivity index (χ1) is 22.4. The van der Waals surface area contributed by atoms with E-state index >= 15 is 0 Å². The molecule has 0 heterocycles. The molecule has 0 aliphatic carbocycles. The van der Waals surface area contributed by atoms with Crippen molar-refractivity contribution in [1.82, 2.24) is 0 Å². The van der Waals surface area contributed by atoms with Gasteiger partial charge in [0.2, 0.25) is 20.0 Å². The highest BCUT2D eigenvalue weighted by molar-refractivity contribution is 7.92. The third kappa shape index (κ3) is 10.1. The maximum atomic E-state index is 14.2. The Morgan fingerprint density at radius 3 is 1.35 bits per heavy atom. The van der Waals surface area contributed by atoms with Gasteiger partial charge >= 0.3 is 5.97 Å². The van der Waals surface area contributed by atoms with Crippen LogP contribution in [0.5, 0.6) is 0 Å². The van der Waals surface area contributed by atoms with Gasteiger partial charge in [-0.25, -0.2) is 39.2 Å². The van der Waals surface area contributed by atoms with E-state index in [0.717, 1.165) is 57.5 Å². The molecule has 0 aliphatic rings. The van der Waals surface area contributed by atoms with Crippen molar-refractivity contribution < 1.29 is 48.7 Å². The highest BCUT2D eigenvalue weighted by Gasteiger charge is 2.22. The van der Waals surface area contributed by atoms with Crippen LogP contribution in [0.4, 0.5) is 28.9 Å². The lowest BCUT2D eigenvalue weighted by atomic mass is 10.1. The van der Waals surface area contributed by atoms with Crippen molar-refractivity contribution in [2.75, 3.05) is 34.8 Å². The summed E-state index contributed by atoms with van der Waals surface area (Å²) in [6, 6.07) is 17.0. The lowest BCUT2D eigenvalue weighted by Crippen LogP contribution is -2.29. The van der Waals surface area contributed by atoms with Crippen molar-refractivity contribution in [3.05, 3.63) is 130 Å². The van der Waals surface area contributed by atoms with E-state index in [-0.39, 0.29) is 53.3 Å². The number of Topliss-reactive ketones (excluding diaryl/α,β-unsaturated/α-hetero) is 1. The normalized spacial score (nSPS) is 11.2. The van der Waals surface area contributed by atoms with Gasteiger partial charge in [0, 0.05) is 16.7 Å². The van der Waals surface area contributed by atoms with Crippen molar-refractivity contribution in [3.8, 4) is 0 Å². The fourth-order valence-electron chi connectivity index (χ4n) is 4.21. The molecule has 0 saturated carbocycles. The average Bonchev–Trinajstić information content (AvgIpc) is 3.03. The van der Waals surface area contributed by atoms with Gasteiger partial charge in [-0.15, -0.1) is 0 Å². The Labute approximate surface area is 275 Å². The molecule has 0 aromatic heterocycles. The van der Waals surface area contributed by atoms with Crippen molar-refractivity contribution in [2.45, 2.75) is 13.1 Å². The van der Waals surface area contributed by atoms with Gasteiger partial charge in [-0.3, -0.25) is 13.4 Å². The minimum absolute atomic E-state index is 0.0198. The van der Waals surface area contributed by atoms with Crippen LogP contribution < -0.4 is 14.3 Å². The zero-order valence-electron chi connectivity index (χ0n) is 25.9. The lowest BCUT2D eigenvalue weighted by molar-refractivity contribution is 0.0600. The summed E-state index contributed by atoms with van der Waals surface area (Å²) in [5.74, 6) is -3.60. The molecule has 0 spiro atoms. The van der Waals surface area contributed by atoms with Crippen LogP contribution in [0, 0.1) is 23.3 Å². The number of hydrogen-bond acceptors (Lipinski definition) is 8. The van der Waals surface area contributed by atoms with E-state index < -0.39 is 55.1 Å². The number of carbonyl (C=O) groups excluding carboxylic acids is 2. The Bertz CT molecular complexity index is 1850. The molecule has 4 aromatic carbocycles. The third-order valence-corrected chi connectivity index (χ3v) is 8.97. The summed E-state index contributed by atoms with van der Waals surface area (Å²) in [6.45, 7) is -0.824. The number of ketones is 1. The Hall–Kier alpha value is -4.80. The van der Waals surface area contributed by atoms with Gasteiger partial charge in [0.1, 0.15) is 23.3 Å². The molecule has 16 heteroatoms. The molecule has 0 amide bonds. The topological polar surface area (TPSA) is 144 Å². The van der Waals surface area contributed by atoms with Crippen molar-refractivity contribution in [3.63, 3.8) is 0 Å². The van der Waals surface area contributed by atoms with Gasteiger partial charge in [0.15, 0.2) is 5.78 Å². The summed E-state index contributed by atoms with van der Waals surface area (Å²) in [5.41, 5.74) is 5.93. The van der Waals surface area contributed by atoms with E-state index in [9.17, 15) is 44.0 Å². The molecular weight excluding hydrogens is 678 g/mol. The summed E-state index contributed by atoms with van der Waals surface area (Å²) in [4.78, 5) is 22.9. The summed E-state index contributed by atoms with van der Waals surface area (Å²) in [7, 11) is -6.27. The zero-order valence-corrected chi connectivity index (χ0v) is 27.5. The smallest absolute Gasteiger partial charge is 0.337 e. The number of esters is 1. The highest BCUT2D eigenvalue weighted by Crippen LogP contribution is 2.24. The number of methoxy groups -OCH3 is 1. The number of anilines is 2. The average molecular weight is 710 g/mol. The number of halogens is 4. The number of carbonyl (C=O) groups is 2. The van der Waals surface area contributed by atoms with E-state index in [2.05, 4.69) is 4.74 Å². The van der Waals surface area contributed by atoms with Gasteiger partial charge in [0.05, 0.1) is 56.2 Å². The van der Waals surface area contributed by atoms with Crippen LogP contribution in [-0.4, -0.2) is 54.8 Å². The molecule has 48 heavy (non-hydrogen) atoms. The Morgan fingerprint density at radius 2 is 1.02 bits per heavy atom. The maximum Gasteiger partial charge on any atom is 0.337 e. The van der Waals surface area contributed by atoms with Crippen LogP contribution in [0.1, 0.15) is 31.8 Å². The predicted octanol–water partition coefficient (Wildman–Crippen LogP) is 4.79. The second kappa shape index (κ2) is 15.9. The maximum absolute atomic E-state index is 14.2. The molecule has 0 bridgehead atoms. The monoisotopic (exact) mass is 709 g/mol. The minimum Gasteiger partial charge on any atom is -0.465 e. The number of sulfonamides is 2. The minimum atomic E-state index is -3.72. The van der Waals surface area contributed by atoms with Gasteiger partial charge in [-0.1, -0.05) is 18.2 Å². The van der Waals surface area contributed by atoms with Crippen molar-refractivity contribution in [1.29, 1.82) is 0 Å². The van der Waals surface area contributed by atoms with E-state index in [4.69, 9.17) is 5.73 Å². The highest BCUT2D eigenvalue weighted by atomic mass is 32.2.